The number of rotatable bonds is 6. The normalized spacial score (nSPS) is 11.7. The number of amides is 2. The minimum absolute atomic E-state index is 0.0872. The van der Waals surface area contributed by atoms with Crippen LogP contribution < -0.4 is 10.6 Å². The maximum atomic E-state index is 12.3. The summed E-state index contributed by atoms with van der Waals surface area (Å²) in [5, 5.41) is 11.7. The van der Waals surface area contributed by atoms with Crippen molar-refractivity contribution >= 4 is 34.5 Å². The first-order valence-electron chi connectivity index (χ1n) is 7.84. The largest absolute Gasteiger partial charge is 0.326 e. The zero-order valence-corrected chi connectivity index (χ0v) is 14.5. The smallest absolute Gasteiger partial charge is 0.248 e. The molecule has 2 heterocycles. The molecule has 1 atom stereocenters. The number of nitrogens with one attached hydrogen (secondary N) is 2. The summed E-state index contributed by atoms with van der Waals surface area (Å²) >= 11 is 1.55. The number of hydrogen-bond donors (Lipinski definition) is 2. The minimum Gasteiger partial charge on any atom is -0.326 e. The molecule has 0 radical (unpaired) electrons. The Morgan fingerprint density at radius 2 is 1.96 bits per heavy atom. The van der Waals surface area contributed by atoms with E-state index < -0.39 is 6.04 Å². The predicted octanol–water partition coefficient (Wildman–Crippen LogP) is 3.33. The second-order valence-corrected chi connectivity index (χ2v) is 6.57. The molecule has 0 aliphatic heterocycles. The van der Waals surface area contributed by atoms with Crippen LogP contribution in [0.15, 0.2) is 60.2 Å². The van der Waals surface area contributed by atoms with Gasteiger partial charge >= 0.3 is 0 Å². The number of hydrogen-bond acceptors (Lipinski definition) is 4. The number of carbonyl (C=O) groups is 2. The van der Waals surface area contributed by atoms with Crippen LogP contribution in [-0.2, 0) is 16.0 Å². The van der Waals surface area contributed by atoms with E-state index in [0.29, 0.717) is 17.8 Å². The number of nitrogens with zero attached hydrogens (tertiary/aromatic N) is 2. The Morgan fingerprint density at radius 1 is 1.16 bits per heavy atom. The Balaban J connectivity index is 1.61. The average molecular weight is 354 g/mol. The molecule has 2 aromatic heterocycles. The summed E-state index contributed by atoms with van der Waals surface area (Å²) < 4.78 is 1.59. The lowest BCUT2D eigenvalue weighted by Gasteiger charge is -2.13. The van der Waals surface area contributed by atoms with Gasteiger partial charge in [0.25, 0.3) is 0 Å². The van der Waals surface area contributed by atoms with Gasteiger partial charge in [-0.1, -0.05) is 12.1 Å². The highest BCUT2D eigenvalue weighted by Gasteiger charge is 2.15. The molecule has 0 bridgehead atoms. The molecule has 6 nitrogen and oxygen atoms in total. The van der Waals surface area contributed by atoms with Gasteiger partial charge < -0.3 is 10.6 Å². The first-order valence-corrected chi connectivity index (χ1v) is 8.72. The van der Waals surface area contributed by atoms with Crippen LogP contribution in [0.1, 0.15) is 17.8 Å². The fourth-order valence-electron chi connectivity index (χ4n) is 2.33. The van der Waals surface area contributed by atoms with Crippen molar-refractivity contribution in [3.05, 3.63) is 65.1 Å². The second kappa shape index (κ2) is 7.76. The summed E-state index contributed by atoms with van der Waals surface area (Å²) in [4.78, 5) is 25.4. The van der Waals surface area contributed by atoms with E-state index in [0.717, 1.165) is 4.88 Å². The zero-order chi connectivity index (χ0) is 17.6. The van der Waals surface area contributed by atoms with Gasteiger partial charge in [-0.3, -0.25) is 14.3 Å². The van der Waals surface area contributed by atoms with Crippen molar-refractivity contribution in [2.24, 2.45) is 0 Å². The lowest BCUT2D eigenvalue weighted by atomic mass is 10.2. The van der Waals surface area contributed by atoms with E-state index in [2.05, 4.69) is 15.7 Å². The van der Waals surface area contributed by atoms with Gasteiger partial charge in [-0.15, -0.1) is 11.3 Å². The molecule has 3 rings (SSSR count). The SMILES string of the molecule is CC(C(=O)Nc1cccc(NC(=O)Cc2cccs2)c1)n1cccn1. The number of thiophene rings is 1. The van der Waals surface area contributed by atoms with Crippen molar-refractivity contribution in [3.63, 3.8) is 0 Å². The molecule has 0 saturated carbocycles. The van der Waals surface area contributed by atoms with Gasteiger partial charge in [0.05, 0.1) is 6.42 Å². The fraction of sp³-hybridized carbons (Fsp3) is 0.167. The molecule has 0 spiro atoms. The molecule has 0 saturated heterocycles. The summed E-state index contributed by atoms with van der Waals surface area (Å²) in [5.74, 6) is -0.262. The number of aromatic nitrogens is 2. The van der Waals surface area contributed by atoms with E-state index in [1.807, 2.05) is 17.5 Å². The summed E-state index contributed by atoms with van der Waals surface area (Å²) in [7, 11) is 0. The Labute approximate surface area is 149 Å². The fourth-order valence-corrected chi connectivity index (χ4v) is 3.03. The van der Waals surface area contributed by atoms with Crippen LogP contribution in [0.3, 0.4) is 0 Å². The quantitative estimate of drug-likeness (QED) is 0.713. The van der Waals surface area contributed by atoms with Gasteiger partial charge in [0, 0.05) is 28.6 Å². The molecule has 128 valence electrons. The summed E-state index contributed by atoms with van der Waals surface area (Å²) in [6.45, 7) is 1.77. The third-order valence-corrected chi connectivity index (χ3v) is 4.51. The van der Waals surface area contributed by atoms with E-state index in [-0.39, 0.29) is 11.8 Å². The molecular formula is C18H18N4O2S. The summed E-state index contributed by atoms with van der Waals surface area (Å²) in [5.41, 5.74) is 1.27. The van der Waals surface area contributed by atoms with Crippen LogP contribution in [0.4, 0.5) is 11.4 Å². The van der Waals surface area contributed by atoms with Crippen molar-refractivity contribution < 1.29 is 9.59 Å². The molecule has 1 unspecified atom stereocenters. The molecule has 0 aliphatic carbocycles. The van der Waals surface area contributed by atoms with Crippen LogP contribution >= 0.6 is 11.3 Å². The number of benzene rings is 1. The zero-order valence-electron chi connectivity index (χ0n) is 13.7. The van der Waals surface area contributed by atoms with Crippen molar-refractivity contribution in [2.75, 3.05) is 10.6 Å². The molecule has 2 amide bonds. The number of carbonyl (C=O) groups excluding carboxylic acids is 2. The first kappa shape index (κ1) is 16.9. The highest BCUT2D eigenvalue weighted by atomic mass is 32.1. The Hall–Kier alpha value is -2.93. The van der Waals surface area contributed by atoms with Gasteiger partial charge in [0.1, 0.15) is 6.04 Å². The Bertz CT molecular complexity index is 844. The lowest BCUT2D eigenvalue weighted by Crippen LogP contribution is -2.24. The maximum Gasteiger partial charge on any atom is 0.248 e. The average Bonchev–Trinajstić information content (AvgIpc) is 3.27. The van der Waals surface area contributed by atoms with Crippen LogP contribution in [0.2, 0.25) is 0 Å². The first-order chi connectivity index (χ1) is 12.1. The Morgan fingerprint density at radius 3 is 2.64 bits per heavy atom. The van der Waals surface area contributed by atoms with Crippen molar-refractivity contribution in [1.82, 2.24) is 9.78 Å². The molecule has 25 heavy (non-hydrogen) atoms. The third-order valence-electron chi connectivity index (χ3n) is 3.63. The van der Waals surface area contributed by atoms with Gasteiger partial charge in [-0.25, -0.2) is 0 Å². The summed E-state index contributed by atoms with van der Waals surface area (Å²) in [6, 6.07) is 12.3. The van der Waals surface area contributed by atoms with Crippen LogP contribution in [-0.4, -0.2) is 21.6 Å². The van der Waals surface area contributed by atoms with Gasteiger partial charge in [0.2, 0.25) is 11.8 Å². The van der Waals surface area contributed by atoms with E-state index in [4.69, 9.17) is 0 Å². The third kappa shape index (κ3) is 4.54. The van der Waals surface area contributed by atoms with E-state index >= 15 is 0 Å². The molecule has 2 N–H and O–H groups in total. The predicted molar refractivity (Wildman–Crippen MR) is 98.7 cm³/mol. The molecule has 7 heteroatoms. The molecule has 3 aromatic rings. The standard InChI is InChI=1S/C18H18N4O2S/c1-13(22-9-4-8-19-22)18(24)21-15-6-2-5-14(11-15)20-17(23)12-16-7-3-10-25-16/h2-11,13H,12H2,1H3,(H,20,23)(H,21,24). The lowest BCUT2D eigenvalue weighted by molar-refractivity contribution is -0.119. The monoisotopic (exact) mass is 354 g/mol. The second-order valence-electron chi connectivity index (χ2n) is 5.54. The van der Waals surface area contributed by atoms with Crippen molar-refractivity contribution in [3.8, 4) is 0 Å². The molecular weight excluding hydrogens is 336 g/mol. The highest BCUT2D eigenvalue weighted by Crippen LogP contribution is 2.18. The van der Waals surface area contributed by atoms with Gasteiger partial charge in [-0.05, 0) is 42.6 Å². The number of anilines is 2. The minimum atomic E-state index is -0.424. The molecule has 1 aromatic carbocycles. The highest BCUT2D eigenvalue weighted by molar-refractivity contribution is 7.10. The van der Waals surface area contributed by atoms with Crippen molar-refractivity contribution in [1.29, 1.82) is 0 Å². The van der Waals surface area contributed by atoms with Crippen LogP contribution in [0.5, 0.6) is 0 Å². The summed E-state index contributed by atoms with van der Waals surface area (Å²) in [6.07, 6.45) is 3.71. The van der Waals surface area contributed by atoms with Crippen LogP contribution in [0, 0.1) is 0 Å². The van der Waals surface area contributed by atoms with Gasteiger partial charge in [0.15, 0.2) is 0 Å². The van der Waals surface area contributed by atoms with Crippen molar-refractivity contribution in [2.45, 2.75) is 19.4 Å². The van der Waals surface area contributed by atoms with Gasteiger partial charge in [-0.2, -0.15) is 5.10 Å². The topological polar surface area (TPSA) is 76.0 Å². The van der Waals surface area contributed by atoms with E-state index in [9.17, 15) is 9.59 Å². The molecule has 0 aliphatic rings. The Kier molecular flexibility index (Phi) is 5.25. The molecule has 0 fully saturated rings. The maximum absolute atomic E-state index is 12.3. The van der Waals surface area contributed by atoms with Crippen LogP contribution in [0.25, 0.3) is 0 Å². The van der Waals surface area contributed by atoms with E-state index in [1.54, 1.807) is 65.7 Å². The van der Waals surface area contributed by atoms with E-state index in [1.165, 1.54) is 0 Å².